The molecule has 0 aromatic heterocycles. The molecule has 1 aromatic rings. The van der Waals surface area contributed by atoms with Crippen molar-refractivity contribution in [3.63, 3.8) is 0 Å². The maximum absolute atomic E-state index is 9.53. The van der Waals surface area contributed by atoms with Crippen LogP contribution in [0.3, 0.4) is 0 Å². The summed E-state index contributed by atoms with van der Waals surface area (Å²) in [5.74, 6) is 0. The number of hydrogen-bond donors (Lipinski definition) is 2. The van der Waals surface area contributed by atoms with Gasteiger partial charge in [-0.05, 0) is 40.5 Å². The number of halogens is 1. The maximum Gasteiger partial charge on any atom is 0.0631 e. The van der Waals surface area contributed by atoms with Crippen molar-refractivity contribution in [2.24, 2.45) is 0 Å². The quantitative estimate of drug-likeness (QED) is 0.777. The first kappa shape index (κ1) is 16.0. The number of aliphatic hydroxyl groups is 1. The van der Waals surface area contributed by atoms with Gasteiger partial charge in [-0.25, -0.2) is 0 Å². The molecule has 4 heteroatoms. The van der Waals surface area contributed by atoms with E-state index in [0.29, 0.717) is 6.04 Å². The van der Waals surface area contributed by atoms with Crippen molar-refractivity contribution in [1.29, 1.82) is 0 Å². The zero-order valence-corrected chi connectivity index (χ0v) is 13.8. The standard InChI is InChI=1S/C14H22BrNOS/c1-9(2)16-8-12-5-6-14(13(15)7-12)18-11(4)10(3)17/h5-7,9-11,16-17H,8H2,1-4H3. The Kier molecular flexibility index (Phi) is 6.71. The van der Waals surface area contributed by atoms with Crippen molar-refractivity contribution in [3.8, 4) is 0 Å². The van der Waals surface area contributed by atoms with Gasteiger partial charge in [0.05, 0.1) is 6.10 Å². The maximum atomic E-state index is 9.53. The first-order chi connectivity index (χ1) is 8.40. The van der Waals surface area contributed by atoms with Gasteiger partial charge in [0.25, 0.3) is 0 Å². The average Bonchev–Trinajstić information content (AvgIpc) is 2.29. The fourth-order valence-corrected chi connectivity index (χ4v) is 2.99. The topological polar surface area (TPSA) is 32.3 Å². The van der Waals surface area contributed by atoms with Gasteiger partial charge in [0.1, 0.15) is 0 Å². The molecular weight excluding hydrogens is 310 g/mol. The van der Waals surface area contributed by atoms with Gasteiger partial charge in [-0.1, -0.05) is 26.8 Å². The largest absolute Gasteiger partial charge is 0.392 e. The second-order valence-corrected chi connectivity index (χ2v) is 7.14. The Morgan fingerprint density at radius 1 is 1.28 bits per heavy atom. The van der Waals surface area contributed by atoms with Crippen LogP contribution in [0.25, 0.3) is 0 Å². The molecule has 0 aliphatic carbocycles. The second kappa shape index (κ2) is 7.53. The highest BCUT2D eigenvalue weighted by Crippen LogP contribution is 2.32. The zero-order chi connectivity index (χ0) is 13.7. The molecule has 0 aliphatic rings. The Labute approximate surface area is 123 Å². The number of aliphatic hydroxyl groups excluding tert-OH is 1. The summed E-state index contributed by atoms with van der Waals surface area (Å²) in [6.07, 6.45) is -0.302. The van der Waals surface area contributed by atoms with E-state index < -0.39 is 0 Å². The summed E-state index contributed by atoms with van der Waals surface area (Å²) in [7, 11) is 0. The number of thioether (sulfide) groups is 1. The molecule has 0 amide bonds. The van der Waals surface area contributed by atoms with Crippen LogP contribution in [0.4, 0.5) is 0 Å². The second-order valence-electron chi connectivity index (χ2n) is 4.86. The van der Waals surface area contributed by atoms with Gasteiger partial charge < -0.3 is 10.4 Å². The molecular formula is C14H22BrNOS. The third-order valence-electron chi connectivity index (χ3n) is 2.70. The molecule has 2 N–H and O–H groups in total. The highest BCUT2D eigenvalue weighted by atomic mass is 79.9. The van der Waals surface area contributed by atoms with Crippen LogP contribution < -0.4 is 5.32 Å². The van der Waals surface area contributed by atoms with Crippen molar-refractivity contribution in [2.75, 3.05) is 0 Å². The van der Waals surface area contributed by atoms with Gasteiger partial charge in [-0.3, -0.25) is 0 Å². The Hall–Kier alpha value is -0.0300. The average molecular weight is 332 g/mol. The van der Waals surface area contributed by atoms with Crippen molar-refractivity contribution >= 4 is 27.7 Å². The van der Waals surface area contributed by atoms with Crippen molar-refractivity contribution in [2.45, 2.75) is 56.5 Å². The Morgan fingerprint density at radius 3 is 2.44 bits per heavy atom. The highest BCUT2D eigenvalue weighted by Gasteiger charge is 2.12. The van der Waals surface area contributed by atoms with Gasteiger partial charge >= 0.3 is 0 Å². The van der Waals surface area contributed by atoms with Gasteiger partial charge in [0, 0.05) is 27.2 Å². The molecule has 2 atom stereocenters. The van der Waals surface area contributed by atoms with Crippen LogP contribution in [0.15, 0.2) is 27.6 Å². The van der Waals surface area contributed by atoms with Crippen LogP contribution >= 0.6 is 27.7 Å². The first-order valence-corrected chi connectivity index (χ1v) is 7.94. The predicted molar refractivity (Wildman–Crippen MR) is 83.1 cm³/mol. The van der Waals surface area contributed by atoms with E-state index in [1.165, 1.54) is 10.5 Å². The van der Waals surface area contributed by atoms with E-state index in [4.69, 9.17) is 0 Å². The SMILES string of the molecule is CC(C)NCc1ccc(SC(C)C(C)O)c(Br)c1. The molecule has 18 heavy (non-hydrogen) atoms. The van der Waals surface area contributed by atoms with E-state index >= 15 is 0 Å². The Balaban J connectivity index is 2.67. The summed E-state index contributed by atoms with van der Waals surface area (Å²) < 4.78 is 1.10. The summed E-state index contributed by atoms with van der Waals surface area (Å²) in [6.45, 7) is 9.03. The first-order valence-electron chi connectivity index (χ1n) is 6.26. The summed E-state index contributed by atoms with van der Waals surface area (Å²) in [5.41, 5.74) is 1.27. The molecule has 0 aliphatic heterocycles. The molecule has 2 nitrogen and oxygen atoms in total. The van der Waals surface area contributed by atoms with Crippen LogP contribution in [-0.4, -0.2) is 22.5 Å². The lowest BCUT2D eigenvalue weighted by Gasteiger charge is -2.16. The van der Waals surface area contributed by atoms with Crippen LogP contribution in [0.2, 0.25) is 0 Å². The van der Waals surface area contributed by atoms with Crippen LogP contribution in [0, 0.1) is 0 Å². The lowest BCUT2D eigenvalue weighted by molar-refractivity contribution is 0.196. The molecule has 0 saturated carbocycles. The molecule has 1 aromatic carbocycles. The van der Waals surface area contributed by atoms with Crippen molar-refractivity contribution < 1.29 is 5.11 Å². The molecule has 1 rings (SSSR count). The van der Waals surface area contributed by atoms with Crippen LogP contribution in [0.5, 0.6) is 0 Å². The number of benzene rings is 1. The third-order valence-corrected chi connectivity index (χ3v) is 5.00. The number of nitrogens with one attached hydrogen (secondary N) is 1. The highest BCUT2D eigenvalue weighted by molar-refractivity contribution is 9.10. The van der Waals surface area contributed by atoms with Crippen molar-refractivity contribution in [1.82, 2.24) is 5.32 Å². The van der Waals surface area contributed by atoms with Gasteiger partial charge in [-0.2, -0.15) is 0 Å². The van der Waals surface area contributed by atoms with Gasteiger partial charge in [0.15, 0.2) is 0 Å². The van der Waals surface area contributed by atoms with E-state index in [1.54, 1.807) is 11.8 Å². The molecule has 0 bridgehead atoms. The minimum absolute atomic E-state index is 0.195. The van der Waals surface area contributed by atoms with Gasteiger partial charge in [-0.15, -0.1) is 11.8 Å². The summed E-state index contributed by atoms with van der Waals surface area (Å²) in [6, 6.07) is 6.89. The number of rotatable bonds is 6. The minimum Gasteiger partial charge on any atom is -0.392 e. The number of hydrogen-bond acceptors (Lipinski definition) is 3. The molecule has 0 radical (unpaired) electrons. The molecule has 0 fully saturated rings. The summed E-state index contributed by atoms with van der Waals surface area (Å²) >= 11 is 5.30. The predicted octanol–water partition coefficient (Wildman–Crippen LogP) is 3.81. The molecule has 2 unspecified atom stereocenters. The zero-order valence-electron chi connectivity index (χ0n) is 11.4. The third kappa shape index (κ3) is 5.31. The van der Waals surface area contributed by atoms with E-state index in [-0.39, 0.29) is 11.4 Å². The molecule has 0 saturated heterocycles. The van der Waals surface area contributed by atoms with Crippen molar-refractivity contribution in [3.05, 3.63) is 28.2 Å². The molecule has 0 heterocycles. The minimum atomic E-state index is -0.302. The van der Waals surface area contributed by atoms with E-state index in [9.17, 15) is 5.11 Å². The smallest absolute Gasteiger partial charge is 0.0631 e. The van der Waals surface area contributed by atoms with Gasteiger partial charge in [0.2, 0.25) is 0 Å². The lowest BCUT2D eigenvalue weighted by atomic mass is 10.2. The van der Waals surface area contributed by atoms with Crippen LogP contribution in [-0.2, 0) is 6.54 Å². The van der Waals surface area contributed by atoms with E-state index in [0.717, 1.165) is 11.0 Å². The summed E-state index contributed by atoms with van der Waals surface area (Å²) in [4.78, 5) is 1.18. The normalized spacial score (nSPS) is 14.8. The Morgan fingerprint density at radius 2 is 1.94 bits per heavy atom. The fraction of sp³-hybridized carbons (Fsp3) is 0.571. The van der Waals surface area contributed by atoms with Crippen LogP contribution in [0.1, 0.15) is 33.3 Å². The molecule has 102 valence electrons. The fourth-order valence-electron chi connectivity index (χ4n) is 1.37. The van der Waals surface area contributed by atoms with E-state index in [2.05, 4.69) is 53.3 Å². The monoisotopic (exact) mass is 331 g/mol. The lowest BCUT2D eigenvalue weighted by Crippen LogP contribution is -2.21. The molecule has 0 spiro atoms. The Bertz CT molecular complexity index is 382. The van der Waals surface area contributed by atoms with E-state index in [1.807, 2.05) is 13.8 Å². The summed E-state index contributed by atoms with van der Waals surface area (Å²) in [5, 5.41) is 13.1.